The van der Waals surface area contributed by atoms with Crippen molar-refractivity contribution in [1.29, 1.82) is 0 Å². The smallest absolute Gasteiger partial charge is 0.314 e. The molecular weight excluding hydrogens is 247 g/mol. The number of carboxylic acids is 1. The topological polar surface area (TPSA) is 37.3 Å². The molecule has 0 radical (unpaired) electrons. The number of alkyl halides is 1. The van der Waals surface area contributed by atoms with Crippen LogP contribution in [0.1, 0.15) is 18.4 Å². The van der Waals surface area contributed by atoms with Gasteiger partial charge in [-0.25, -0.2) is 0 Å². The van der Waals surface area contributed by atoms with Crippen molar-refractivity contribution in [3.8, 4) is 0 Å². The van der Waals surface area contributed by atoms with Crippen LogP contribution >= 0.6 is 23.2 Å². The van der Waals surface area contributed by atoms with E-state index in [1.165, 1.54) is 0 Å². The van der Waals surface area contributed by atoms with Gasteiger partial charge in [0, 0.05) is 10.9 Å². The summed E-state index contributed by atoms with van der Waals surface area (Å²) in [4.78, 5) is 11.2. The zero-order valence-electron chi connectivity index (χ0n) is 8.78. The molecule has 0 aliphatic heterocycles. The summed E-state index contributed by atoms with van der Waals surface area (Å²) >= 11 is 11.6. The SMILES string of the molecule is CC(=CC(C(=O)O)c1ccccc1Cl)CCl. The van der Waals surface area contributed by atoms with Gasteiger partial charge in [0.25, 0.3) is 0 Å². The van der Waals surface area contributed by atoms with Gasteiger partial charge in [-0.3, -0.25) is 4.79 Å². The number of carboxylic acid groups (broad SMARTS) is 1. The van der Waals surface area contributed by atoms with E-state index in [1.54, 1.807) is 37.3 Å². The number of hydrogen-bond acceptors (Lipinski definition) is 1. The molecule has 0 saturated heterocycles. The fourth-order valence-electron chi connectivity index (χ4n) is 1.35. The minimum absolute atomic E-state index is 0.314. The molecule has 16 heavy (non-hydrogen) atoms. The van der Waals surface area contributed by atoms with Crippen molar-refractivity contribution in [1.82, 2.24) is 0 Å². The third kappa shape index (κ3) is 3.26. The normalized spacial score (nSPS) is 13.6. The van der Waals surface area contributed by atoms with Gasteiger partial charge in [0.1, 0.15) is 5.92 Å². The number of halogens is 2. The van der Waals surface area contributed by atoms with E-state index >= 15 is 0 Å². The Labute approximate surface area is 104 Å². The van der Waals surface area contributed by atoms with Crippen LogP contribution in [-0.4, -0.2) is 17.0 Å². The Balaban J connectivity index is 3.14. The van der Waals surface area contributed by atoms with Gasteiger partial charge in [-0.15, -0.1) is 11.6 Å². The molecule has 86 valence electrons. The zero-order chi connectivity index (χ0) is 12.1. The van der Waals surface area contributed by atoms with E-state index in [-0.39, 0.29) is 0 Å². The molecule has 0 aliphatic carbocycles. The highest BCUT2D eigenvalue weighted by Gasteiger charge is 2.19. The van der Waals surface area contributed by atoms with Crippen LogP contribution in [0.15, 0.2) is 35.9 Å². The Morgan fingerprint density at radius 3 is 2.62 bits per heavy atom. The van der Waals surface area contributed by atoms with Crippen molar-refractivity contribution in [3.63, 3.8) is 0 Å². The average molecular weight is 259 g/mol. The number of carbonyl (C=O) groups is 1. The molecule has 1 rings (SSSR count). The van der Waals surface area contributed by atoms with Crippen LogP contribution in [0.2, 0.25) is 5.02 Å². The van der Waals surface area contributed by atoms with Gasteiger partial charge in [0.2, 0.25) is 0 Å². The average Bonchev–Trinajstić information content (AvgIpc) is 2.26. The lowest BCUT2D eigenvalue weighted by Crippen LogP contribution is -2.10. The minimum Gasteiger partial charge on any atom is -0.481 e. The lowest BCUT2D eigenvalue weighted by Gasteiger charge is -2.11. The standard InChI is InChI=1S/C12H12Cl2O2/c1-8(7-13)6-10(12(15)16)9-4-2-3-5-11(9)14/h2-6,10H,7H2,1H3,(H,15,16). The molecular formula is C12H12Cl2O2. The van der Waals surface area contributed by atoms with Gasteiger partial charge >= 0.3 is 5.97 Å². The fourth-order valence-corrected chi connectivity index (χ4v) is 1.69. The Hall–Kier alpha value is -0.990. The summed E-state index contributed by atoms with van der Waals surface area (Å²) in [5.74, 6) is -1.36. The van der Waals surface area contributed by atoms with E-state index in [1.807, 2.05) is 0 Å². The van der Waals surface area contributed by atoms with Crippen LogP contribution in [0.25, 0.3) is 0 Å². The molecule has 1 aromatic carbocycles. The zero-order valence-corrected chi connectivity index (χ0v) is 10.3. The second kappa shape index (κ2) is 5.92. The molecule has 0 amide bonds. The Bertz CT molecular complexity index is 413. The molecule has 0 aromatic heterocycles. The van der Waals surface area contributed by atoms with E-state index in [4.69, 9.17) is 28.3 Å². The quantitative estimate of drug-likeness (QED) is 0.661. The van der Waals surface area contributed by atoms with Crippen LogP contribution < -0.4 is 0 Å². The van der Waals surface area contributed by atoms with Gasteiger partial charge in [-0.1, -0.05) is 41.4 Å². The number of hydrogen-bond donors (Lipinski definition) is 1. The predicted molar refractivity (Wildman–Crippen MR) is 66.3 cm³/mol. The maximum atomic E-state index is 11.2. The molecule has 0 heterocycles. The Morgan fingerprint density at radius 1 is 1.50 bits per heavy atom. The van der Waals surface area contributed by atoms with Crippen LogP contribution in [-0.2, 0) is 4.79 Å². The Morgan fingerprint density at radius 2 is 2.12 bits per heavy atom. The summed E-state index contributed by atoms with van der Waals surface area (Å²) in [5, 5.41) is 9.60. The molecule has 1 N–H and O–H groups in total. The summed E-state index contributed by atoms with van der Waals surface area (Å²) in [6.45, 7) is 1.79. The lowest BCUT2D eigenvalue weighted by molar-refractivity contribution is -0.137. The van der Waals surface area contributed by atoms with E-state index < -0.39 is 11.9 Å². The molecule has 2 nitrogen and oxygen atoms in total. The number of rotatable bonds is 4. The second-order valence-electron chi connectivity index (χ2n) is 3.48. The van der Waals surface area contributed by atoms with Crippen LogP contribution in [0.4, 0.5) is 0 Å². The third-order valence-corrected chi connectivity index (χ3v) is 2.93. The van der Waals surface area contributed by atoms with Crippen molar-refractivity contribution in [2.45, 2.75) is 12.8 Å². The van der Waals surface area contributed by atoms with Gasteiger partial charge in [-0.05, 0) is 18.6 Å². The third-order valence-electron chi connectivity index (χ3n) is 2.17. The maximum absolute atomic E-state index is 11.2. The first kappa shape index (κ1) is 13.1. The van der Waals surface area contributed by atoms with Crippen molar-refractivity contribution < 1.29 is 9.90 Å². The van der Waals surface area contributed by atoms with Gasteiger partial charge < -0.3 is 5.11 Å². The molecule has 0 fully saturated rings. The summed E-state index contributed by atoms with van der Waals surface area (Å²) in [5.41, 5.74) is 1.40. The fraction of sp³-hybridized carbons (Fsp3) is 0.250. The summed E-state index contributed by atoms with van der Waals surface area (Å²) < 4.78 is 0. The lowest BCUT2D eigenvalue weighted by atomic mass is 9.97. The number of benzene rings is 1. The highest BCUT2D eigenvalue weighted by Crippen LogP contribution is 2.26. The van der Waals surface area contributed by atoms with E-state index in [9.17, 15) is 4.79 Å². The summed E-state index contributed by atoms with van der Waals surface area (Å²) in [6, 6.07) is 6.92. The summed E-state index contributed by atoms with van der Waals surface area (Å²) in [7, 11) is 0. The maximum Gasteiger partial charge on any atom is 0.314 e. The van der Waals surface area contributed by atoms with Gasteiger partial charge in [0.05, 0.1) is 0 Å². The molecule has 0 bridgehead atoms. The molecule has 0 spiro atoms. The molecule has 1 unspecified atom stereocenters. The first-order valence-corrected chi connectivity index (χ1v) is 5.68. The van der Waals surface area contributed by atoms with Crippen molar-refractivity contribution in [2.24, 2.45) is 0 Å². The number of aliphatic carboxylic acids is 1. The first-order chi connectivity index (χ1) is 7.56. The predicted octanol–water partition coefficient (Wildman–Crippen LogP) is 3.69. The minimum atomic E-state index is -0.933. The van der Waals surface area contributed by atoms with Crippen LogP contribution in [0.3, 0.4) is 0 Å². The molecule has 4 heteroatoms. The van der Waals surface area contributed by atoms with Gasteiger partial charge in [-0.2, -0.15) is 0 Å². The van der Waals surface area contributed by atoms with Crippen LogP contribution in [0, 0.1) is 0 Å². The van der Waals surface area contributed by atoms with Gasteiger partial charge in [0.15, 0.2) is 0 Å². The highest BCUT2D eigenvalue weighted by atomic mass is 35.5. The van der Waals surface area contributed by atoms with E-state index in [0.29, 0.717) is 16.5 Å². The number of allylic oxidation sites excluding steroid dienone is 1. The first-order valence-electron chi connectivity index (χ1n) is 4.76. The van der Waals surface area contributed by atoms with Crippen molar-refractivity contribution in [3.05, 3.63) is 46.5 Å². The molecule has 0 saturated carbocycles. The Kier molecular flexibility index (Phi) is 4.84. The summed E-state index contributed by atoms with van der Waals surface area (Å²) in [6.07, 6.45) is 1.62. The molecule has 1 atom stereocenters. The molecule has 1 aromatic rings. The van der Waals surface area contributed by atoms with E-state index in [0.717, 1.165) is 5.57 Å². The molecule has 0 aliphatic rings. The van der Waals surface area contributed by atoms with Crippen molar-refractivity contribution >= 4 is 29.2 Å². The largest absolute Gasteiger partial charge is 0.481 e. The van der Waals surface area contributed by atoms with E-state index in [2.05, 4.69) is 0 Å². The van der Waals surface area contributed by atoms with Crippen molar-refractivity contribution in [2.75, 3.05) is 5.88 Å². The highest BCUT2D eigenvalue weighted by molar-refractivity contribution is 6.31. The monoisotopic (exact) mass is 258 g/mol. The second-order valence-corrected chi connectivity index (χ2v) is 4.16. The van der Waals surface area contributed by atoms with Crippen LogP contribution in [0.5, 0.6) is 0 Å².